The Hall–Kier alpha value is -0.900. The molecule has 15 heavy (non-hydrogen) atoms. The molecular weight excluding hydrogens is 188 g/mol. The first-order valence-electron chi connectivity index (χ1n) is 5.47. The topological polar surface area (TPSA) is 38.5 Å². The second kappa shape index (κ2) is 5.26. The maximum Gasteiger partial charge on any atom is 0.0594 e. The Morgan fingerprint density at radius 3 is 2.53 bits per heavy atom. The largest absolute Gasteiger partial charge is 0.379 e. The molecule has 0 aliphatic carbocycles. The second-order valence-corrected chi connectivity index (χ2v) is 3.93. The molecule has 1 atom stereocenters. The molecule has 0 unspecified atom stereocenters. The molecule has 82 valence electrons. The van der Waals surface area contributed by atoms with Gasteiger partial charge in [-0.2, -0.15) is 0 Å². The minimum absolute atomic E-state index is 0.115. The third-order valence-corrected chi connectivity index (χ3v) is 2.79. The van der Waals surface area contributed by atoms with Crippen LogP contribution >= 0.6 is 0 Å². The molecule has 1 aromatic rings. The summed E-state index contributed by atoms with van der Waals surface area (Å²) in [5.74, 6) is 0. The van der Waals surface area contributed by atoms with Gasteiger partial charge in [-0.1, -0.05) is 30.3 Å². The SMILES string of the molecule is N[C@H](CN1CCOCC1)c1ccccc1. The van der Waals surface area contributed by atoms with E-state index in [0.717, 1.165) is 32.8 Å². The monoisotopic (exact) mass is 206 g/mol. The number of rotatable bonds is 3. The van der Waals surface area contributed by atoms with Crippen LogP contribution in [-0.2, 0) is 4.74 Å². The lowest BCUT2D eigenvalue weighted by Gasteiger charge is -2.29. The van der Waals surface area contributed by atoms with Crippen molar-refractivity contribution in [2.45, 2.75) is 6.04 Å². The molecule has 2 N–H and O–H groups in total. The van der Waals surface area contributed by atoms with Crippen molar-refractivity contribution in [1.82, 2.24) is 4.90 Å². The summed E-state index contributed by atoms with van der Waals surface area (Å²) in [5, 5.41) is 0. The van der Waals surface area contributed by atoms with Gasteiger partial charge >= 0.3 is 0 Å². The number of hydrogen-bond acceptors (Lipinski definition) is 3. The molecule has 0 radical (unpaired) electrons. The van der Waals surface area contributed by atoms with Crippen molar-refractivity contribution < 1.29 is 4.74 Å². The zero-order valence-corrected chi connectivity index (χ0v) is 8.93. The van der Waals surface area contributed by atoms with Gasteiger partial charge in [0.15, 0.2) is 0 Å². The molecule has 1 fully saturated rings. The van der Waals surface area contributed by atoms with Crippen LogP contribution in [0.3, 0.4) is 0 Å². The molecule has 3 heteroatoms. The van der Waals surface area contributed by atoms with Gasteiger partial charge in [-0.05, 0) is 5.56 Å². The lowest BCUT2D eigenvalue weighted by molar-refractivity contribution is 0.0352. The van der Waals surface area contributed by atoms with Gasteiger partial charge in [0.05, 0.1) is 13.2 Å². The molecule has 1 saturated heterocycles. The fourth-order valence-electron chi connectivity index (χ4n) is 1.87. The number of morpholine rings is 1. The van der Waals surface area contributed by atoms with Gasteiger partial charge in [0.1, 0.15) is 0 Å². The van der Waals surface area contributed by atoms with Gasteiger partial charge < -0.3 is 10.5 Å². The van der Waals surface area contributed by atoms with Gasteiger partial charge in [0.2, 0.25) is 0 Å². The maximum atomic E-state index is 6.14. The van der Waals surface area contributed by atoms with Crippen molar-refractivity contribution in [3.05, 3.63) is 35.9 Å². The third kappa shape index (κ3) is 3.02. The van der Waals surface area contributed by atoms with Gasteiger partial charge in [0.25, 0.3) is 0 Å². The summed E-state index contributed by atoms with van der Waals surface area (Å²) >= 11 is 0. The van der Waals surface area contributed by atoms with E-state index >= 15 is 0 Å². The Kier molecular flexibility index (Phi) is 3.72. The predicted molar refractivity (Wildman–Crippen MR) is 60.6 cm³/mol. The summed E-state index contributed by atoms with van der Waals surface area (Å²) in [7, 11) is 0. The Morgan fingerprint density at radius 2 is 1.87 bits per heavy atom. The Balaban J connectivity index is 1.88. The van der Waals surface area contributed by atoms with E-state index in [4.69, 9.17) is 10.5 Å². The Labute approximate surface area is 90.8 Å². The van der Waals surface area contributed by atoms with Crippen LogP contribution in [0.2, 0.25) is 0 Å². The number of nitrogens with two attached hydrogens (primary N) is 1. The molecule has 0 amide bonds. The van der Waals surface area contributed by atoms with E-state index in [0.29, 0.717) is 0 Å². The summed E-state index contributed by atoms with van der Waals surface area (Å²) in [5.41, 5.74) is 7.36. The number of ether oxygens (including phenoxy) is 1. The fraction of sp³-hybridized carbons (Fsp3) is 0.500. The van der Waals surface area contributed by atoms with E-state index in [2.05, 4.69) is 17.0 Å². The van der Waals surface area contributed by atoms with E-state index in [9.17, 15) is 0 Å². The van der Waals surface area contributed by atoms with Crippen molar-refractivity contribution in [2.75, 3.05) is 32.8 Å². The minimum Gasteiger partial charge on any atom is -0.379 e. The van der Waals surface area contributed by atoms with Crippen LogP contribution in [0, 0.1) is 0 Å². The number of nitrogens with zero attached hydrogens (tertiary/aromatic N) is 1. The highest BCUT2D eigenvalue weighted by molar-refractivity contribution is 5.18. The molecule has 0 bridgehead atoms. The highest BCUT2D eigenvalue weighted by Gasteiger charge is 2.14. The first-order valence-corrected chi connectivity index (χ1v) is 5.47. The van der Waals surface area contributed by atoms with Crippen LogP contribution in [0.1, 0.15) is 11.6 Å². The molecule has 1 aromatic carbocycles. The predicted octanol–water partition coefficient (Wildman–Crippen LogP) is 1.02. The number of benzene rings is 1. The van der Waals surface area contributed by atoms with Crippen molar-refractivity contribution >= 4 is 0 Å². The number of hydrogen-bond donors (Lipinski definition) is 1. The molecule has 1 aliphatic rings. The molecule has 3 nitrogen and oxygen atoms in total. The van der Waals surface area contributed by atoms with Crippen molar-refractivity contribution in [1.29, 1.82) is 0 Å². The zero-order chi connectivity index (χ0) is 10.5. The van der Waals surface area contributed by atoms with Gasteiger partial charge in [-0.15, -0.1) is 0 Å². The van der Waals surface area contributed by atoms with Crippen LogP contribution in [0.5, 0.6) is 0 Å². The van der Waals surface area contributed by atoms with Gasteiger partial charge in [0, 0.05) is 25.7 Å². The second-order valence-electron chi connectivity index (χ2n) is 3.93. The smallest absolute Gasteiger partial charge is 0.0594 e. The van der Waals surface area contributed by atoms with E-state index in [-0.39, 0.29) is 6.04 Å². The lowest BCUT2D eigenvalue weighted by Crippen LogP contribution is -2.40. The van der Waals surface area contributed by atoms with Crippen LogP contribution in [0.25, 0.3) is 0 Å². The van der Waals surface area contributed by atoms with Crippen molar-refractivity contribution in [2.24, 2.45) is 5.73 Å². The molecular formula is C12H18N2O. The van der Waals surface area contributed by atoms with Crippen molar-refractivity contribution in [3.63, 3.8) is 0 Å². The first-order chi connectivity index (χ1) is 7.36. The van der Waals surface area contributed by atoms with Crippen LogP contribution in [0.15, 0.2) is 30.3 Å². The quantitative estimate of drug-likeness (QED) is 0.802. The summed E-state index contributed by atoms with van der Waals surface area (Å²) in [6, 6.07) is 10.4. The van der Waals surface area contributed by atoms with E-state index in [1.807, 2.05) is 18.2 Å². The molecule has 0 aromatic heterocycles. The first kappa shape index (κ1) is 10.6. The van der Waals surface area contributed by atoms with Crippen LogP contribution < -0.4 is 5.73 Å². The summed E-state index contributed by atoms with van der Waals surface area (Å²) in [4.78, 5) is 2.36. The average Bonchev–Trinajstić information content (AvgIpc) is 2.31. The average molecular weight is 206 g/mol. The zero-order valence-electron chi connectivity index (χ0n) is 8.93. The minimum atomic E-state index is 0.115. The summed E-state index contributed by atoms with van der Waals surface area (Å²) < 4.78 is 5.30. The summed E-state index contributed by atoms with van der Waals surface area (Å²) in [6.07, 6.45) is 0. The highest BCUT2D eigenvalue weighted by Crippen LogP contribution is 2.11. The Morgan fingerprint density at radius 1 is 1.20 bits per heavy atom. The normalized spacial score (nSPS) is 20.1. The van der Waals surface area contributed by atoms with Crippen LogP contribution in [-0.4, -0.2) is 37.7 Å². The molecule has 2 rings (SSSR count). The fourth-order valence-corrected chi connectivity index (χ4v) is 1.87. The Bertz CT molecular complexity index is 283. The summed E-state index contributed by atoms with van der Waals surface area (Å²) in [6.45, 7) is 4.59. The standard InChI is InChI=1S/C12H18N2O/c13-12(11-4-2-1-3-5-11)10-14-6-8-15-9-7-14/h1-5,12H,6-10,13H2/t12-/m1/s1. The van der Waals surface area contributed by atoms with E-state index in [1.165, 1.54) is 5.56 Å². The van der Waals surface area contributed by atoms with Gasteiger partial charge in [-0.3, -0.25) is 4.90 Å². The van der Waals surface area contributed by atoms with E-state index < -0.39 is 0 Å². The van der Waals surface area contributed by atoms with Gasteiger partial charge in [-0.25, -0.2) is 0 Å². The third-order valence-electron chi connectivity index (χ3n) is 2.79. The molecule has 1 heterocycles. The molecule has 1 aliphatic heterocycles. The maximum absolute atomic E-state index is 6.14. The van der Waals surface area contributed by atoms with Crippen molar-refractivity contribution in [3.8, 4) is 0 Å². The molecule has 0 saturated carbocycles. The lowest BCUT2D eigenvalue weighted by atomic mass is 10.1. The highest BCUT2D eigenvalue weighted by atomic mass is 16.5. The molecule has 0 spiro atoms. The van der Waals surface area contributed by atoms with Crippen LogP contribution in [0.4, 0.5) is 0 Å². The van der Waals surface area contributed by atoms with E-state index in [1.54, 1.807) is 0 Å².